The van der Waals surface area contributed by atoms with E-state index in [-0.39, 0.29) is 0 Å². The van der Waals surface area contributed by atoms with E-state index < -0.39 is 0 Å². The van der Waals surface area contributed by atoms with Gasteiger partial charge in [0.25, 0.3) is 0 Å². The molecule has 1 fully saturated rings. The molecule has 19 heavy (non-hydrogen) atoms. The molecule has 0 saturated carbocycles. The molecule has 0 amide bonds. The highest BCUT2D eigenvalue weighted by Gasteiger charge is 2.21. The van der Waals surface area contributed by atoms with Crippen LogP contribution in [-0.2, 0) is 6.54 Å². The van der Waals surface area contributed by atoms with Crippen LogP contribution in [0.1, 0.15) is 26.7 Å². The summed E-state index contributed by atoms with van der Waals surface area (Å²) in [6.45, 7) is 7.94. The van der Waals surface area contributed by atoms with Crippen molar-refractivity contribution in [3.05, 3.63) is 18.5 Å². The molecule has 1 aliphatic heterocycles. The Morgan fingerprint density at radius 2 is 2.11 bits per heavy atom. The van der Waals surface area contributed by atoms with Gasteiger partial charge >= 0.3 is 0 Å². The SMILES string of the molecule is CC(C)N1CCC(Cn2nnc3cnccc32)CC1. The van der Waals surface area contributed by atoms with E-state index in [1.54, 1.807) is 6.20 Å². The van der Waals surface area contributed by atoms with Crippen LogP contribution >= 0.6 is 0 Å². The highest BCUT2D eigenvalue weighted by Crippen LogP contribution is 2.21. The maximum atomic E-state index is 4.26. The summed E-state index contributed by atoms with van der Waals surface area (Å²) < 4.78 is 2.03. The van der Waals surface area contributed by atoms with Crippen LogP contribution in [0.2, 0.25) is 0 Å². The number of likely N-dealkylation sites (tertiary alicyclic amines) is 1. The lowest BCUT2D eigenvalue weighted by Gasteiger charge is -2.34. The maximum absolute atomic E-state index is 4.26. The van der Waals surface area contributed by atoms with Gasteiger partial charge in [-0.2, -0.15) is 0 Å². The molecule has 1 saturated heterocycles. The molecule has 1 aliphatic rings. The first kappa shape index (κ1) is 12.5. The van der Waals surface area contributed by atoms with Gasteiger partial charge in [0.05, 0.1) is 11.7 Å². The highest BCUT2D eigenvalue weighted by molar-refractivity contribution is 5.72. The number of rotatable bonds is 3. The molecule has 0 bridgehead atoms. The number of hydrogen-bond acceptors (Lipinski definition) is 4. The predicted molar refractivity (Wildman–Crippen MR) is 74.8 cm³/mol. The van der Waals surface area contributed by atoms with Gasteiger partial charge in [0, 0.05) is 18.8 Å². The lowest BCUT2D eigenvalue weighted by Crippen LogP contribution is -2.39. The number of aromatic nitrogens is 4. The van der Waals surface area contributed by atoms with Gasteiger partial charge in [0.1, 0.15) is 5.52 Å². The second kappa shape index (κ2) is 5.25. The van der Waals surface area contributed by atoms with Gasteiger partial charge in [0.15, 0.2) is 0 Å². The van der Waals surface area contributed by atoms with E-state index in [0.717, 1.165) is 17.6 Å². The summed E-state index contributed by atoms with van der Waals surface area (Å²) in [5, 5.41) is 8.42. The molecule has 5 heteroatoms. The molecular weight excluding hydrogens is 238 g/mol. The van der Waals surface area contributed by atoms with Crippen LogP contribution in [0.15, 0.2) is 18.5 Å². The molecule has 102 valence electrons. The summed E-state index contributed by atoms with van der Waals surface area (Å²) in [4.78, 5) is 6.64. The van der Waals surface area contributed by atoms with Crippen LogP contribution in [-0.4, -0.2) is 44.0 Å². The summed E-state index contributed by atoms with van der Waals surface area (Å²) in [7, 11) is 0. The average molecular weight is 259 g/mol. The second-order valence-corrected chi connectivity index (χ2v) is 5.71. The van der Waals surface area contributed by atoms with Crippen molar-refractivity contribution in [2.24, 2.45) is 5.92 Å². The van der Waals surface area contributed by atoms with E-state index in [1.165, 1.54) is 25.9 Å². The average Bonchev–Trinajstić information content (AvgIpc) is 2.83. The quantitative estimate of drug-likeness (QED) is 0.845. The minimum atomic E-state index is 0.666. The molecule has 2 aromatic heterocycles. The zero-order valence-electron chi connectivity index (χ0n) is 11.7. The Hall–Kier alpha value is -1.49. The van der Waals surface area contributed by atoms with Gasteiger partial charge < -0.3 is 4.90 Å². The Kier molecular flexibility index (Phi) is 3.46. The van der Waals surface area contributed by atoms with E-state index in [2.05, 4.69) is 34.0 Å². The first-order valence-corrected chi connectivity index (χ1v) is 7.11. The van der Waals surface area contributed by atoms with E-state index in [4.69, 9.17) is 0 Å². The van der Waals surface area contributed by atoms with Crippen LogP contribution in [0.5, 0.6) is 0 Å². The molecule has 0 unspecified atom stereocenters. The zero-order valence-corrected chi connectivity index (χ0v) is 11.7. The molecule has 5 nitrogen and oxygen atoms in total. The van der Waals surface area contributed by atoms with Crippen molar-refractivity contribution in [1.82, 2.24) is 24.9 Å². The standard InChI is InChI=1S/C14H21N5/c1-11(2)18-7-4-12(5-8-18)10-19-14-3-6-15-9-13(14)16-17-19/h3,6,9,11-12H,4-5,7-8,10H2,1-2H3. The monoisotopic (exact) mass is 259 g/mol. The van der Waals surface area contributed by atoms with E-state index in [9.17, 15) is 0 Å². The lowest BCUT2D eigenvalue weighted by molar-refractivity contribution is 0.140. The van der Waals surface area contributed by atoms with Gasteiger partial charge in [-0.1, -0.05) is 5.21 Å². The fourth-order valence-electron chi connectivity index (χ4n) is 2.86. The van der Waals surface area contributed by atoms with Crippen LogP contribution in [0.3, 0.4) is 0 Å². The number of pyridine rings is 1. The fraction of sp³-hybridized carbons (Fsp3) is 0.643. The van der Waals surface area contributed by atoms with Gasteiger partial charge in [0.2, 0.25) is 0 Å². The summed E-state index contributed by atoms with van der Waals surface area (Å²) in [6, 6.07) is 2.66. The zero-order chi connectivity index (χ0) is 13.2. The Bertz CT molecular complexity index is 540. The Morgan fingerprint density at radius 3 is 2.84 bits per heavy atom. The fourth-order valence-corrected chi connectivity index (χ4v) is 2.86. The van der Waals surface area contributed by atoms with Gasteiger partial charge in [-0.3, -0.25) is 4.98 Å². The normalized spacial score (nSPS) is 18.5. The third-order valence-corrected chi connectivity index (χ3v) is 4.13. The molecule has 0 aromatic carbocycles. The summed E-state index contributed by atoms with van der Waals surface area (Å²) >= 11 is 0. The molecule has 0 N–H and O–H groups in total. The van der Waals surface area contributed by atoms with Gasteiger partial charge in [-0.25, -0.2) is 4.68 Å². The summed E-state index contributed by atoms with van der Waals surface area (Å²) in [5.74, 6) is 0.716. The third kappa shape index (κ3) is 2.61. The molecule has 2 aromatic rings. The number of nitrogens with zero attached hydrogens (tertiary/aromatic N) is 5. The van der Waals surface area contributed by atoms with Crippen molar-refractivity contribution in [2.75, 3.05) is 13.1 Å². The number of hydrogen-bond donors (Lipinski definition) is 0. The third-order valence-electron chi connectivity index (χ3n) is 4.13. The Balaban J connectivity index is 1.66. The van der Waals surface area contributed by atoms with Gasteiger partial charge in [-0.05, 0) is 51.8 Å². The van der Waals surface area contributed by atoms with Crippen molar-refractivity contribution < 1.29 is 0 Å². The van der Waals surface area contributed by atoms with Crippen LogP contribution in [0.4, 0.5) is 0 Å². The van der Waals surface area contributed by atoms with Crippen molar-refractivity contribution in [1.29, 1.82) is 0 Å². The van der Waals surface area contributed by atoms with Crippen molar-refractivity contribution in [3.8, 4) is 0 Å². The molecule has 0 atom stereocenters. The molecule has 0 aliphatic carbocycles. The van der Waals surface area contributed by atoms with Crippen molar-refractivity contribution in [2.45, 2.75) is 39.3 Å². The maximum Gasteiger partial charge on any atom is 0.131 e. The summed E-state index contributed by atoms with van der Waals surface area (Å²) in [5.41, 5.74) is 1.99. The van der Waals surface area contributed by atoms with Crippen LogP contribution in [0, 0.1) is 5.92 Å². The predicted octanol–water partition coefficient (Wildman–Crippen LogP) is 1.95. The van der Waals surface area contributed by atoms with Crippen LogP contribution < -0.4 is 0 Å². The van der Waals surface area contributed by atoms with Crippen molar-refractivity contribution >= 4 is 11.0 Å². The molecule has 3 heterocycles. The lowest BCUT2D eigenvalue weighted by atomic mass is 9.96. The van der Waals surface area contributed by atoms with E-state index in [0.29, 0.717) is 12.0 Å². The molecular formula is C14H21N5. The van der Waals surface area contributed by atoms with Crippen molar-refractivity contribution in [3.63, 3.8) is 0 Å². The topological polar surface area (TPSA) is 46.8 Å². The van der Waals surface area contributed by atoms with Gasteiger partial charge in [-0.15, -0.1) is 5.10 Å². The first-order chi connectivity index (χ1) is 9.24. The summed E-state index contributed by atoms with van der Waals surface area (Å²) in [6.07, 6.45) is 6.10. The number of fused-ring (bicyclic) bond motifs is 1. The number of piperidine rings is 1. The minimum absolute atomic E-state index is 0.666. The molecule has 0 radical (unpaired) electrons. The second-order valence-electron chi connectivity index (χ2n) is 5.71. The smallest absolute Gasteiger partial charge is 0.131 e. The molecule has 0 spiro atoms. The minimum Gasteiger partial charge on any atom is -0.301 e. The Morgan fingerprint density at radius 1 is 1.32 bits per heavy atom. The Labute approximate surface area is 113 Å². The van der Waals surface area contributed by atoms with E-state index >= 15 is 0 Å². The highest BCUT2D eigenvalue weighted by atomic mass is 15.4. The van der Waals surface area contributed by atoms with E-state index in [1.807, 2.05) is 16.9 Å². The first-order valence-electron chi connectivity index (χ1n) is 7.11. The largest absolute Gasteiger partial charge is 0.301 e. The molecule has 3 rings (SSSR count). The van der Waals surface area contributed by atoms with Crippen LogP contribution in [0.25, 0.3) is 11.0 Å².